The highest BCUT2D eigenvalue weighted by Gasteiger charge is 2.36. The highest BCUT2D eigenvalue weighted by molar-refractivity contribution is 5.97. The molecule has 0 unspecified atom stereocenters. The first-order valence-electron chi connectivity index (χ1n) is 24.1. The lowest BCUT2D eigenvalue weighted by Crippen LogP contribution is -2.61. The number of amides is 8. The van der Waals surface area contributed by atoms with Gasteiger partial charge in [-0.25, -0.2) is 4.79 Å². The zero-order chi connectivity index (χ0) is 53.1. The number of hydrogen-bond donors (Lipinski definition) is 13. The van der Waals surface area contributed by atoms with Crippen molar-refractivity contribution in [2.45, 2.75) is 149 Å². The summed E-state index contributed by atoms with van der Waals surface area (Å²) in [5, 5.41) is 30.9. The average Bonchev–Trinajstić information content (AvgIpc) is 3.30. The van der Waals surface area contributed by atoms with Crippen LogP contribution in [0.15, 0.2) is 35.3 Å². The lowest BCUT2D eigenvalue weighted by molar-refractivity contribution is -0.142. The van der Waals surface area contributed by atoms with Crippen molar-refractivity contribution in [3.63, 3.8) is 0 Å². The Morgan fingerprint density at radius 3 is 1.63 bits per heavy atom. The number of carboxylic acid groups (broad SMARTS) is 1. The van der Waals surface area contributed by atoms with Crippen LogP contribution in [0, 0.1) is 23.7 Å². The summed E-state index contributed by atoms with van der Waals surface area (Å²) in [4.78, 5) is 124. The van der Waals surface area contributed by atoms with Gasteiger partial charge in [-0.1, -0.05) is 92.1 Å². The van der Waals surface area contributed by atoms with E-state index in [1.54, 1.807) is 71.9 Å². The lowest BCUT2D eigenvalue weighted by Gasteiger charge is -2.30. The Balaban J connectivity index is 3.33. The van der Waals surface area contributed by atoms with Gasteiger partial charge < -0.3 is 70.6 Å². The summed E-state index contributed by atoms with van der Waals surface area (Å²) in [6.45, 7) is 13.4. The Hall–Kier alpha value is -6.36. The molecule has 8 atom stereocenters. The summed E-state index contributed by atoms with van der Waals surface area (Å²) in [6.07, 6.45) is 1.82. The summed E-state index contributed by atoms with van der Waals surface area (Å²) < 4.78 is 0. The molecule has 0 bridgehead atoms. The van der Waals surface area contributed by atoms with Gasteiger partial charge in [0.1, 0.15) is 42.3 Å². The molecule has 0 radical (unpaired) electrons. The van der Waals surface area contributed by atoms with Gasteiger partial charge in [-0.15, -0.1) is 0 Å². The van der Waals surface area contributed by atoms with Crippen molar-refractivity contribution in [1.82, 2.24) is 42.5 Å². The molecule has 0 aliphatic heterocycles. The lowest BCUT2D eigenvalue weighted by atomic mass is 9.95. The normalized spacial score (nSPS) is 14.6. The topological polar surface area (TPSA) is 387 Å². The molecule has 0 spiro atoms. The van der Waals surface area contributed by atoms with Crippen LogP contribution in [0.1, 0.15) is 106 Å². The second kappa shape index (κ2) is 32.5. The summed E-state index contributed by atoms with van der Waals surface area (Å²) >= 11 is 0. The van der Waals surface area contributed by atoms with E-state index < -0.39 is 120 Å². The Bertz CT molecular complexity index is 1900. The summed E-state index contributed by atoms with van der Waals surface area (Å²) in [5.41, 5.74) is 22.9. The molecule has 1 aromatic carbocycles. The zero-order valence-electron chi connectivity index (χ0n) is 42.1. The van der Waals surface area contributed by atoms with Crippen LogP contribution < -0.4 is 65.5 Å². The van der Waals surface area contributed by atoms with E-state index in [1.807, 2.05) is 13.8 Å². The Labute approximate surface area is 411 Å². The van der Waals surface area contributed by atoms with Gasteiger partial charge in [0.25, 0.3) is 0 Å². The molecule has 0 fully saturated rings. The molecule has 0 aromatic heterocycles. The van der Waals surface area contributed by atoms with Crippen LogP contribution in [-0.2, 0) is 49.6 Å². The molecule has 17 N–H and O–H groups in total. The van der Waals surface area contributed by atoms with E-state index in [2.05, 4.69) is 47.5 Å². The zero-order valence-corrected chi connectivity index (χ0v) is 42.1. The van der Waals surface area contributed by atoms with E-state index in [0.717, 1.165) is 0 Å². The Kier molecular flexibility index (Phi) is 28.6. The largest absolute Gasteiger partial charge is 0.480 e. The fraction of sp³-hybridized carbons (Fsp3) is 0.660. The van der Waals surface area contributed by atoms with E-state index in [9.17, 15) is 48.3 Å². The SMILES string of the molecule is CC[C@H](C)[C@H](NC(=O)[C@@H](CCCN=C(N)N)NC(=O)[C@H](CCCCN)NC(=O)CNC(=O)[C@@H](NC(=O)[C@@H](CC(C)C)NC(=O)CN)C(C)C)C(=O)N[C@H](C(=O)N[C@@H](Cc1ccccc1)C(=O)O)C(C)C. The number of nitrogens with two attached hydrogens (primary N) is 4. The number of hydrogen-bond acceptors (Lipinski definition) is 12. The number of unbranched alkanes of at least 4 members (excludes halogenated alkanes) is 1. The van der Waals surface area contributed by atoms with Crippen molar-refractivity contribution < 1.29 is 48.3 Å². The minimum absolute atomic E-state index is 0.00430. The number of guanidine groups is 1. The fourth-order valence-corrected chi connectivity index (χ4v) is 7.12. The Morgan fingerprint density at radius 1 is 0.586 bits per heavy atom. The average molecular weight is 988 g/mol. The van der Waals surface area contributed by atoms with Crippen LogP contribution in [-0.4, -0.2) is 133 Å². The van der Waals surface area contributed by atoms with Gasteiger partial charge in [-0.3, -0.25) is 43.3 Å². The number of benzene rings is 1. The van der Waals surface area contributed by atoms with Gasteiger partial charge in [0, 0.05) is 13.0 Å². The summed E-state index contributed by atoms with van der Waals surface area (Å²) in [5.74, 6) is -8.48. The second-order valence-corrected chi connectivity index (χ2v) is 18.5. The molecule has 1 rings (SSSR count). The quantitative estimate of drug-likeness (QED) is 0.0214. The van der Waals surface area contributed by atoms with Gasteiger partial charge in [0.05, 0.1) is 13.1 Å². The first-order valence-corrected chi connectivity index (χ1v) is 24.1. The monoisotopic (exact) mass is 988 g/mol. The van der Waals surface area contributed by atoms with Gasteiger partial charge in [0.15, 0.2) is 5.96 Å². The molecule has 1 aromatic rings. The highest BCUT2D eigenvalue weighted by Crippen LogP contribution is 2.14. The maximum Gasteiger partial charge on any atom is 0.326 e. The second-order valence-electron chi connectivity index (χ2n) is 18.5. The van der Waals surface area contributed by atoms with Crippen molar-refractivity contribution in [2.24, 2.45) is 51.6 Å². The van der Waals surface area contributed by atoms with Crippen molar-refractivity contribution in [3.05, 3.63) is 35.9 Å². The maximum atomic E-state index is 14.2. The predicted molar refractivity (Wildman–Crippen MR) is 265 cm³/mol. The summed E-state index contributed by atoms with van der Waals surface area (Å²) in [7, 11) is 0. The van der Waals surface area contributed by atoms with E-state index in [0.29, 0.717) is 24.8 Å². The molecule has 0 aliphatic rings. The number of carboxylic acids is 1. The van der Waals surface area contributed by atoms with Gasteiger partial charge in [-0.2, -0.15) is 0 Å². The van der Waals surface area contributed by atoms with Crippen molar-refractivity contribution in [3.8, 4) is 0 Å². The molecule has 0 saturated carbocycles. The molecule has 394 valence electrons. The van der Waals surface area contributed by atoms with E-state index >= 15 is 0 Å². The number of aliphatic carboxylic acids is 1. The number of carbonyl (C=O) groups is 9. The Morgan fingerprint density at radius 2 is 1.09 bits per heavy atom. The number of rotatable bonds is 33. The molecule has 23 heteroatoms. The molecule has 70 heavy (non-hydrogen) atoms. The number of nitrogens with zero attached hydrogens (tertiary/aromatic N) is 1. The van der Waals surface area contributed by atoms with Crippen molar-refractivity contribution in [1.29, 1.82) is 0 Å². The number of nitrogens with one attached hydrogen (secondary N) is 8. The van der Waals surface area contributed by atoms with Crippen molar-refractivity contribution >= 4 is 59.2 Å². The molecular weight excluding hydrogens is 907 g/mol. The van der Waals surface area contributed by atoms with Gasteiger partial charge in [0.2, 0.25) is 47.3 Å². The van der Waals surface area contributed by atoms with Crippen LogP contribution in [0.4, 0.5) is 0 Å². The number of aliphatic imine (C=N–C) groups is 1. The minimum atomic E-state index is -1.30. The van der Waals surface area contributed by atoms with E-state index in [-0.39, 0.29) is 63.6 Å². The smallest absolute Gasteiger partial charge is 0.326 e. The third-order valence-corrected chi connectivity index (χ3v) is 11.3. The molecule has 23 nitrogen and oxygen atoms in total. The summed E-state index contributed by atoms with van der Waals surface area (Å²) in [6, 6.07) is 0.439. The molecular formula is C47H81N13O10. The van der Waals surface area contributed by atoms with Crippen LogP contribution in [0.5, 0.6) is 0 Å². The fourth-order valence-electron chi connectivity index (χ4n) is 7.12. The standard InChI is InChI=1S/C47H81N13O10/c1-9-29(8)39(45(68)59-38(28(6)7)44(67)57-34(46(69)70)23-30-16-11-10-12-17-30)60-41(64)32(19-15-21-52-47(50)51)56-40(63)31(18-13-14-20-48)54-36(62)25-53-43(66)37(27(4)5)58-42(65)33(22-26(2)3)55-35(61)24-49/h10-12,16-17,26-29,31-34,37-39H,9,13-15,18-25,48-49H2,1-8H3,(H,53,66)(H,54,62)(H,55,61)(H,56,63)(H,57,67)(H,58,65)(H,59,68)(H,60,64)(H,69,70)(H4,50,51,52)/t29-,31-,32+,33+,34-,37-,38-,39-/m0/s1. The predicted octanol–water partition coefficient (Wildman–Crippen LogP) is -1.63. The van der Waals surface area contributed by atoms with Gasteiger partial charge in [-0.05, 0) is 74.3 Å². The van der Waals surface area contributed by atoms with Crippen molar-refractivity contribution in [2.75, 3.05) is 26.2 Å². The van der Waals surface area contributed by atoms with Crippen LogP contribution in [0.25, 0.3) is 0 Å². The molecule has 8 amide bonds. The van der Waals surface area contributed by atoms with Crippen LogP contribution in [0.2, 0.25) is 0 Å². The third kappa shape index (κ3) is 23.3. The molecule has 0 aliphatic carbocycles. The third-order valence-electron chi connectivity index (χ3n) is 11.3. The van der Waals surface area contributed by atoms with E-state index in [1.165, 1.54) is 0 Å². The maximum absolute atomic E-state index is 14.2. The van der Waals surface area contributed by atoms with E-state index in [4.69, 9.17) is 22.9 Å². The first kappa shape index (κ1) is 61.7. The highest BCUT2D eigenvalue weighted by atomic mass is 16.4. The van der Waals surface area contributed by atoms with Crippen LogP contribution in [0.3, 0.4) is 0 Å². The minimum Gasteiger partial charge on any atom is -0.480 e. The van der Waals surface area contributed by atoms with Crippen LogP contribution >= 0.6 is 0 Å². The molecule has 0 saturated heterocycles. The first-order chi connectivity index (χ1) is 32.9. The molecule has 0 heterocycles. The van der Waals surface area contributed by atoms with Gasteiger partial charge >= 0.3 is 5.97 Å². The number of carbonyl (C=O) groups excluding carboxylic acids is 8.